The highest BCUT2D eigenvalue weighted by Crippen LogP contribution is 2.48. The number of piperazine rings is 2. The maximum atomic E-state index is 17.1. The van der Waals surface area contributed by atoms with E-state index in [-0.39, 0.29) is 68.9 Å². The van der Waals surface area contributed by atoms with Crippen molar-refractivity contribution in [1.29, 1.82) is 0 Å². The van der Waals surface area contributed by atoms with Crippen LogP contribution in [0.2, 0.25) is 0 Å². The van der Waals surface area contributed by atoms with Crippen molar-refractivity contribution in [3.63, 3.8) is 0 Å². The minimum Gasteiger partial charge on any atom is -0.508 e. The molecular weight excluding hydrogens is 640 g/mol. The number of hydrogen-bond donors (Lipinski definition) is 2. The van der Waals surface area contributed by atoms with Crippen molar-refractivity contribution in [3.8, 4) is 41.2 Å². The Kier molecular flexibility index (Phi) is 7.53. The van der Waals surface area contributed by atoms with E-state index < -0.39 is 11.6 Å². The third-order valence-corrected chi connectivity index (χ3v) is 11.5. The monoisotopic (exact) mass is 681 g/mol. The van der Waals surface area contributed by atoms with Crippen LogP contribution in [0.15, 0.2) is 24.3 Å². The molecule has 2 aromatic heterocycles. The molecular formula is C38H41F2N7O3. The van der Waals surface area contributed by atoms with Gasteiger partial charge < -0.3 is 29.7 Å². The van der Waals surface area contributed by atoms with Crippen molar-refractivity contribution in [2.24, 2.45) is 5.41 Å². The zero-order valence-corrected chi connectivity index (χ0v) is 28.4. The number of halogens is 2. The van der Waals surface area contributed by atoms with Gasteiger partial charge in [0.1, 0.15) is 40.6 Å². The fourth-order valence-corrected chi connectivity index (χ4v) is 8.57. The molecule has 12 heteroatoms. The second kappa shape index (κ2) is 11.9. The topological polar surface area (TPSA) is 99.1 Å². The fraction of sp³-hybridized carbons (Fsp3) is 0.500. The number of ether oxygens (including phenoxy) is 2. The second-order valence-electron chi connectivity index (χ2n) is 15.1. The number of nitrogens with zero attached hydrogens (tertiary/aromatic N) is 6. The maximum absolute atomic E-state index is 17.1. The minimum atomic E-state index is -0.749. The van der Waals surface area contributed by atoms with E-state index in [1.165, 1.54) is 24.3 Å². The van der Waals surface area contributed by atoms with Gasteiger partial charge in [0, 0.05) is 73.8 Å². The SMILES string of the molecule is C#Cc1c(F)ccc2cc(O)cc(-c3nc4c5c(nc(OCC6(CN7CCN(C(C)C)CC7)CC6)nc5c3F)N3C[C@H]5CC[C@H](N5)[C@H]3CO4)c12. The van der Waals surface area contributed by atoms with Crippen LogP contribution in [-0.4, -0.2) is 107 Å². The van der Waals surface area contributed by atoms with Crippen LogP contribution >= 0.6 is 0 Å². The molecule has 4 aromatic rings. The summed E-state index contributed by atoms with van der Waals surface area (Å²) in [5.74, 6) is 1.62. The van der Waals surface area contributed by atoms with Crippen LogP contribution in [0, 0.1) is 29.4 Å². The Bertz CT molecular complexity index is 2060. The Labute approximate surface area is 289 Å². The molecule has 1 saturated carbocycles. The molecule has 2 N–H and O–H groups in total. The van der Waals surface area contributed by atoms with E-state index in [2.05, 4.69) is 39.8 Å². The molecule has 0 amide bonds. The molecule has 9 rings (SSSR count). The highest BCUT2D eigenvalue weighted by Gasteiger charge is 2.47. The summed E-state index contributed by atoms with van der Waals surface area (Å²) in [5, 5.41) is 15.5. The van der Waals surface area contributed by atoms with Gasteiger partial charge in [-0.05, 0) is 63.1 Å². The van der Waals surface area contributed by atoms with E-state index in [4.69, 9.17) is 30.8 Å². The number of anilines is 1. The standard InChI is InChI=1S/C38H41F2N7O3/c1-4-25-27(39)7-5-22-15-24(48)16-26(30(22)25)33-32(40)34-31-35(47-17-23-6-8-28(41-23)29(47)18-49-36(31)42-33)44-37(43-34)50-20-38(9-10-38)19-45-11-13-46(14-12-45)21(2)3/h1,5,7,15-16,21,23,28-29,41,48H,6,8-14,17-20H2,2-3H3/t23-,28+,29-/m1/s1. The van der Waals surface area contributed by atoms with Crippen molar-refractivity contribution < 1.29 is 23.4 Å². The third-order valence-electron chi connectivity index (χ3n) is 11.5. The van der Waals surface area contributed by atoms with Gasteiger partial charge in [-0.15, -0.1) is 6.42 Å². The predicted molar refractivity (Wildman–Crippen MR) is 187 cm³/mol. The molecule has 10 nitrogen and oxygen atoms in total. The second-order valence-corrected chi connectivity index (χ2v) is 15.1. The zero-order valence-electron chi connectivity index (χ0n) is 28.4. The van der Waals surface area contributed by atoms with E-state index in [0.29, 0.717) is 42.4 Å². The number of hydrogen-bond acceptors (Lipinski definition) is 10. The Hall–Kier alpha value is -4.31. The molecule has 260 valence electrons. The largest absolute Gasteiger partial charge is 0.508 e. The van der Waals surface area contributed by atoms with Gasteiger partial charge >= 0.3 is 6.01 Å². The number of fused-ring (bicyclic) bond motifs is 6. The molecule has 3 saturated heterocycles. The summed E-state index contributed by atoms with van der Waals surface area (Å²) in [4.78, 5) is 21.6. The summed E-state index contributed by atoms with van der Waals surface area (Å²) >= 11 is 0. The number of aromatic nitrogens is 3. The Morgan fingerprint density at radius 3 is 2.68 bits per heavy atom. The van der Waals surface area contributed by atoms with E-state index in [0.717, 1.165) is 58.4 Å². The van der Waals surface area contributed by atoms with Crippen LogP contribution in [0.4, 0.5) is 14.6 Å². The number of pyridine rings is 1. The molecule has 0 spiro atoms. The first kappa shape index (κ1) is 31.7. The summed E-state index contributed by atoms with van der Waals surface area (Å²) in [6, 6.07) is 6.63. The lowest BCUT2D eigenvalue weighted by atomic mass is 9.95. The molecule has 1 aliphatic carbocycles. The maximum Gasteiger partial charge on any atom is 0.319 e. The number of phenols is 1. The molecule has 5 aliphatic rings. The summed E-state index contributed by atoms with van der Waals surface area (Å²) in [5.41, 5.74) is -0.0366. The van der Waals surface area contributed by atoms with Crippen LogP contribution in [0.5, 0.6) is 17.6 Å². The van der Waals surface area contributed by atoms with E-state index in [1.54, 1.807) is 0 Å². The van der Waals surface area contributed by atoms with Crippen LogP contribution in [-0.2, 0) is 0 Å². The van der Waals surface area contributed by atoms with Crippen molar-refractivity contribution in [3.05, 3.63) is 41.5 Å². The Morgan fingerprint density at radius 1 is 1.10 bits per heavy atom. The van der Waals surface area contributed by atoms with Gasteiger partial charge in [0.15, 0.2) is 5.82 Å². The van der Waals surface area contributed by atoms with Crippen molar-refractivity contribution in [2.45, 2.75) is 63.7 Å². The Morgan fingerprint density at radius 2 is 1.92 bits per heavy atom. The minimum absolute atomic E-state index is 0.00124. The number of terminal acetylenes is 1. The first-order chi connectivity index (χ1) is 24.2. The highest BCUT2D eigenvalue weighted by molar-refractivity contribution is 6.04. The normalized spacial score (nSPS) is 24.2. The average molecular weight is 682 g/mol. The molecule has 50 heavy (non-hydrogen) atoms. The highest BCUT2D eigenvalue weighted by atomic mass is 19.1. The zero-order chi connectivity index (χ0) is 34.3. The molecule has 4 aliphatic heterocycles. The lowest BCUT2D eigenvalue weighted by Gasteiger charge is -2.40. The van der Waals surface area contributed by atoms with Gasteiger partial charge in [-0.1, -0.05) is 12.0 Å². The quantitative estimate of drug-likeness (QED) is 0.267. The lowest BCUT2D eigenvalue weighted by Crippen LogP contribution is -2.60. The fourth-order valence-electron chi connectivity index (χ4n) is 8.57. The van der Waals surface area contributed by atoms with Gasteiger partial charge in [-0.2, -0.15) is 9.97 Å². The summed E-state index contributed by atoms with van der Waals surface area (Å²) in [6.07, 6.45) is 9.91. The van der Waals surface area contributed by atoms with Gasteiger partial charge in [-0.25, -0.2) is 13.8 Å². The van der Waals surface area contributed by atoms with Gasteiger partial charge in [0.25, 0.3) is 0 Å². The molecule has 2 bridgehead atoms. The molecule has 2 aromatic carbocycles. The summed E-state index contributed by atoms with van der Waals surface area (Å²) in [6.45, 7) is 11.0. The molecule has 6 heterocycles. The first-order valence-electron chi connectivity index (χ1n) is 17.8. The predicted octanol–water partition coefficient (Wildman–Crippen LogP) is 4.70. The van der Waals surface area contributed by atoms with Crippen molar-refractivity contribution in [2.75, 3.05) is 57.4 Å². The van der Waals surface area contributed by atoms with Crippen LogP contribution < -0.4 is 19.7 Å². The van der Waals surface area contributed by atoms with Gasteiger partial charge in [0.2, 0.25) is 5.88 Å². The van der Waals surface area contributed by atoms with Gasteiger partial charge in [0.05, 0.1) is 18.2 Å². The van der Waals surface area contributed by atoms with Crippen LogP contribution in [0.25, 0.3) is 32.9 Å². The molecule has 4 fully saturated rings. The number of benzene rings is 2. The van der Waals surface area contributed by atoms with Gasteiger partial charge in [-0.3, -0.25) is 4.90 Å². The average Bonchev–Trinajstić information content (AvgIpc) is 3.80. The van der Waals surface area contributed by atoms with Crippen LogP contribution in [0.1, 0.15) is 45.1 Å². The van der Waals surface area contributed by atoms with E-state index in [1.807, 2.05) is 0 Å². The molecule has 0 radical (unpaired) electrons. The van der Waals surface area contributed by atoms with E-state index in [9.17, 15) is 5.11 Å². The number of phenolic OH excluding ortho intramolecular Hbond substituents is 1. The van der Waals surface area contributed by atoms with Crippen molar-refractivity contribution >= 4 is 27.5 Å². The molecule has 0 unspecified atom stereocenters. The number of nitrogens with one attached hydrogen (secondary N) is 1. The number of aromatic hydroxyl groups is 1. The lowest BCUT2D eigenvalue weighted by molar-refractivity contribution is 0.0805. The third kappa shape index (κ3) is 5.29. The summed E-state index contributed by atoms with van der Waals surface area (Å²) in [7, 11) is 0. The first-order valence-corrected chi connectivity index (χ1v) is 17.8. The van der Waals surface area contributed by atoms with Crippen molar-refractivity contribution in [1.82, 2.24) is 30.1 Å². The molecule has 3 atom stereocenters. The van der Waals surface area contributed by atoms with Crippen LogP contribution in [0.3, 0.4) is 0 Å². The van der Waals surface area contributed by atoms with E-state index >= 15 is 8.78 Å². The Balaban J connectivity index is 1.13. The summed E-state index contributed by atoms with van der Waals surface area (Å²) < 4.78 is 45.0. The number of rotatable bonds is 7. The smallest absolute Gasteiger partial charge is 0.319 e.